The maximum absolute atomic E-state index is 11.8. The number of rotatable bonds is 10. The predicted octanol–water partition coefficient (Wildman–Crippen LogP) is 1.11. The molecule has 1 rings (SSSR count). The first-order valence-electron chi connectivity index (χ1n) is 8.87. The summed E-state index contributed by atoms with van der Waals surface area (Å²) in [6.07, 6.45) is 2.69. The minimum atomic E-state index is 0.0966. The number of carbonyl (C=O) groups excluding carboxylic acids is 2. The van der Waals surface area contributed by atoms with E-state index in [1.807, 2.05) is 11.8 Å². The molecule has 0 bridgehead atoms. The van der Waals surface area contributed by atoms with Gasteiger partial charge in [0, 0.05) is 45.8 Å². The third-order valence-electron chi connectivity index (χ3n) is 3.97. The fourth-order valence-corrected chi connectivity index (χ4v) is 2.63. The fourth-order valence-electron chi connectivity index (χ4n) is 2.63. The molecule has 1 aliphatic heterocycles. The molecule has 0 atom stereocenters. The molecular formula is C17H33N3O3. The summed E-state index contributed by atoms with van der Waals surface area (Å²) in [4.78, 5) is 27.6. The van der Waals surface area contributed by atoms with Crippen molar-refractivity contribution in [1.82, 2.24) is 15.1 Å². The maximum Gasteiger partial charge on any atom is 0.248 e. The van der Waals surface area contributed by atoms with E-state index < -0.39 is 0 Å². The van der Waals surface area contributed by atoms with Gasteiger partial charge in [0.1, 0.15) is 6.61 Å². The number of nitrogens with one attached hydrogen (secondary N) is 1. The van der Waals surface area contributed by atoms with Gasteiger partial charge in [0.05, 0.1) is 0 Å². The van der Waals surface area contributed by atoms with Gasteiger partial charge in [0.15, 0.2) is 0 Å². The average Bonchev–Trinajstić information content (AvgIpc) is 2.52. The zero-order valence-electron chi connectivity index (χ0n) is 15.0. The number of ether oxygens (including phenoxy) is 1. The second kappa shape index (κ2) is 11.4. The second-order valence-electron chi connectivity index (χ2n) is 6.51. The van der Waals surface area contributed by atoms with E-state index in [1.54, 1.807) is 0 Å². The van der Waals surface area contributed by atoms with Gasteiger partial charge in [-0.05, 0) is 32.2 Å². The molecule has 0 aromatic heterocycles. The van der Waals surface area contributed by atoms with Gasteiger partial charge in [-0.2, -0.15) is 0 Å². The van der Waals surface area contributed by atoms with Crippen molar-refractivity contribution < 1.29 is 14.3 Å². The number of amides is 2. The van der Waals surface area contributed by atoms with Gasteiger partial charge >= 0.3 is 0 Å². The number of carbonyl (C=O) groups is 2. The number of piperazine rings is 1. The molecule has 2 amide bonds. The van der Waals surface area contributed by atoms with Crippen molar-refractivity contribution >= 4 is 11.8 Å². The third-order valence-corrected chi connectivity index (χ3v) is 3.97. The second-order valence-corrected chi connectivity index (χ2v) is 6.51. The summed E-state index contributed by atoms with van der Waals surface area (Å²) < 4.78 is 5.17. The molecule has 0 spiro atoms. The molecule has 134 valence electrons. The minimum absolute atomic E-state index is 0.0966. The van der Waals surface area contributed by atoms with Crippen molar-refractivity contribution in [3.8, 4) is 0 Å². The molecule has 6 heteroatoms. The van der Waals surface area contributed by atoms with Crippen LogP contribution in [0.15, 0.2) is 0 Å². The van der Waals surface area contributed by atoms with Crippen molar-refractivity contribution in [3.63, 3.8) is 0 Å². The summed E-state index contributed by atoms with van der Waals surface area (Å²) in [5.74, 6) is 0.664. The fraction of sp³-hybridized carbons (Fsp3) is 0.882. The van der Waals surface area contributed by atoms with E-state index in [0.717, 1.165) is 52.1 Å². The van der Waals surface area contributed by atoms with Crippen LogP contribution < -0.4 is 5.32 Å². The first-order chi connectivity index (χ1) is 11.0. The zero-order valence-corrected chi connectivity index (χ0v) is 15.0. The molecule has 1 aliphatic rings. The van der Waals surface area contributed by atoms with E-state index in [4.69, 9.17) is 4.74 Å². The van der Waals surface area contributed by atoms with Gasteiger partial charge in [-0.1, -0.05) is 13.8 Å². The topological polar surface area (TPSA) is 61.9 Å². The Kier molecular flexibility index (Phi) is 9.87. The van der Waals surface area contributed by atoms with E-state index in [-0.39, 0.29) is 18.4 Å². The van der Waals surface area contributed by atoms with Crippen molar-refractivity contribution in [1.29, 1.82) is 0 Å². The summed E-state index contributed by atoms with van der Waals surface area (Å²) in [6.45, 7) is 12.0. The van der Waals surface area contributed by atoms with Crippen LogP contribution >= 0.6 is 0 Å². The van der Waals surface area contributed by atoms with Crippen LogP contribution in [0.2, 0.25) is 0 Å². The molecule has 1 heterocycles. The molecule has 0 aliphatic carbocycles. The van der Waals surface area contributed by atoms with E-state index in [1.165, 1.54) is 0 Å². The van der Waals surface area contributed by atoms with Gasteiger partial charge in [-0.3, -0.25) is 14.5 Å². The quantitative estimate of drug-likeness (QED) is 0.611. The standard InChI is InChI=1S/C17H33N3O3/c1-4-23-14-17(22)20-11-9-19(10-12-20)8-6-5-7-18-16(21)13-15(2)3/h15H,4-14H2,1-3H3,(H,18,21). The van der Waals surface area contributed by atoms with Crippen molar-refractivity contribution in [2.75, 3.05) is 52.5 Å². The molecule has 1 N–H and O–H groups in total. The average molecular weight is 327 g/mol. The van der Waals surface area contributed by atoms with Crippen LogP contribution in [0.3, 0.4) is 0 Å². The highest BCUT2D eigenvalue weighted by molar-refractivity contribution is 5.77. The summed E-state index contributed by atoms with van der Waals surface area (Å²) >= 11 is 0. The summed E-state index contributed by atoms with van der Waals surface area (Å²) in [5, 5.41) is 2.97. The monoisotopic (exact) mass is 327 g/mol. The lowest BCUT2D eigenvalue weighted by Crippen LogP contribution is -2.49. The smallest absolute Gasteiger partial charge is 0.248 e. The van der Waals surface area contributed by atoms with Crippen LogP contribution in [0.5, 0.6) is 0 Å². The lowest BCUT2D eigenvalue weighted by Gasteiger charge is -2.34. The van der Waals surface area contributed by atoms with Gasteiger partial charge < -0.3 is 15.0 Å². The summed E-state index contributed by atoms with van der Waals surface area (Å²) in [6, 6.07) is 0. The summed E-state index contributed by atoms with van der Waals surface area (Å²) in [7, 11) is 0. The zero-order chi connectivity index (χ0) is 17.1. The third kappa shape index (κ3) is 8.91. The largest absolute Gasteiger partial charge is 0.372 e. The van der Waals surface area contributed by atoms with Crippen LogP contribution in [0.4, 0.5) is 0 Å². The Morgan fingerprint density at radius 3 is 2.43 bits per heavy atom. The maximum atomic E-state index is 11.8. The number of nitrogens with zero attached hydrogens (tertiary/aromatic N) is 2. The van der Waals surface area contributed by atoms with Gasteiger partial charge in [-0.25, -0.2) is 0 Å². The van der Waals surface area contributed by atoms with E-state index in [0.29, 0.717) is 18.9 Å². The van der Waals surface area contributed by atoms with Crippen molar-refractivity contribution in [2.24, 2.45) is 5.92 Å². The van der Waals surface area contributed by atoms with Crippen LogP contribution in [-0.4, -0.2) is 74.1 Å². The normalized spacial score (nSPS) is 15.9. The first kappa shape index (κ1) is 19.9. The van der Waals surface area contributed by atoms with E-state index in [2.05, 4.69) is 24.1 Å². The highest BCUT2D eigenvalue weighted by atomic mass is 16.5. The lowest BCUT2D eigenvalue weighted by atomic mass is 10.1. The van der Waals surface area contributed by atoms with Crippen LogP contribution in [0.25, 0.3) is 0 Å². The van der Waals surface area contributed by atoms with Gasteiger partial charge in [-0.15, -0.1) is 0 Å². The van der Waals surface area contributed by atoms with Crippen LogP contribution in [0.1, 0.15) is 40.0 Å². The lowest BCUT2D eigenvalue weighted by molar-refractivity contribution is -0.137. The van der Waals surface area contributed by atoms with Gasteiger partial charge in [0.25, 0.3) is 0 Å². The van der Waals surface area contributed by atoms with Crippen molar-refractivity contribution in [3.05, 3.63) is 0 Å². The highest BCUT2D eigenvalue weighted by Crippen LogP contribution is 2.04. The SMILES string of the molecule is CCOCC(=O)N1CCN(CCCCNC(=O)CC(C)C)CC1. The Morgan fingerprint density at radius 2 is 1.83 bits per heavy atom. The molecule has 0 saturated carbocycles. The van der Waals surface area contributed by atoms with Crippen LogP contribution in [0, 0.1) is 5.92 Å². The molecular weight excluding hydrogens is 294 g/mol. The Bertz CT molecular complexity index is 353. The summed E-state index contributed by atoms with van der Waals surface area (Å²) in [5.41, 5.74) is 0. The first-order valence-corrected chi connectivity index (χ1v) is 8.87. The molecule has 1 saturated heterocycles. The van der Waals surface area contributed by atoms with E-state index in [9.17, 15) is 9.59 Å². The van der Waals surface area contributed by atoms with Crippen LogP contribution in [-0.2, 0) is 14.3 Å². The molecule has 1 fully saturated rings. The Morgan fingerprint density at radius 1 is 1.13 bits per heavy atom. The van der Waals surface area contributed by atoms with Crippen molar-refractivity contribution in [2.45, 2.75) is 40.0 Å². The Hall–Kier alpha value is -1.14. The number of hydrogen-bond acceptors (Lipinski definition) is 4. The molecule has 0 aromatic rings. The molecule has 0 radical (unpaired) electrons. The molecule has 6 nitrogen and oxygen atoms in total. The molecule has 0 unspecified atom stereocenters. The molecule has 0 aromatic carbocycles. The highest BCUT2D eigenvalue weighted by Gasteiger charge is 2.20. The van der Waals surface area contributed by atoms with E-state index >= 15 is 0 Å². The minimum Gasteiger partial charge on any atom is -0.372 e. The number of unbranched alkanes of at least 4 members (excludes halogenated alkanes) is 1. The number of hydrogen-bond donors (Lipinski definition) is 1. The van der Waals surface area contributed by atoms with Gasteiger partial charge in [0.2, 0.25) is 11.8 Å². The Balaban J connectivity index is 2.04. The molecule has 23 heavy (non-hydrogen) atoms. The Labute approximate surface area is 140 Å². The predicted molar refractivity (Wildman–Crippen MR) is 91.2 cm³/mol.